The molecular weight excluding hydrogens is 223 g/mol. The monoisotopic (exact) mass is 227 g/mol. The minimum Gasteiger partial charge on any atom is -0.505 e. The zero-order valence-corrected chi connectivity index (χ0v) is 8.43. The summed E-state index contributed by atoms with van der Waals surface area (Å²) in [6, 6.07) is 7.73. The van der Waals surface area contributed by atoms with E-state index < -0.39 is 0 Å². The molecule has 2 aromatic rings. The van der Waals surface area contributed by atoms with E-state index in [1.807, 2.05) is 0 Å². The average Bonchev–Trinajstić information content (AvgIpc) is 2.67. The molecular formula is C10H5Cl2O2. The molecule has 1 heterocycles. The van der Waals surface area contributed by atoms with Crippen LogP contribution in [0.4, 0.5) is 0 Å². The summed E-state index contributed by atoms with van der Waals surface area (Å²) in [5, 5.41) is 9.78. The van der Waals surface area contributed by atoms with Crippen LogP contribution in [0.15, 0.2) is 28.9 Å². The fourth-order valence-electron chi connectivity index (χ4n) is 1.09. The maximum atomic E-state index is 9.46. The first-order valence-corrected chi connectivity index (χ1v) is 4.58. The first-order valence-electron chi connectivity index (χ1n) is 3.82. The number of hydrogen-bond acceptors (Lipinski definition) is 2. The van der Waals surface area contributed by atoms with Crippen LogP contribution < -0.4 is 0 Å². The fourth-order valence-corrected chi connectivity index (χ4v) is 1.54. The van der Waals surface area contributed by atoms with E-state index in [0.717, 1.165) is 0 Å². The standard InChI is InChI=1S/C10H5Cl2O2/c11-7-4-3-6(9(12)10(7)13)8-2-1-5-14-8/h1-2,4-5,13H. The SMILES string of the molecule is Oc1c(Cl)c[c]c(-c2ccco2)c1Cl. The molecule has 0 atom stereocenters. The van der Waals surface area contributed by atoms with Crippen molar-refractivity contribution in [3.05, 3.63) is 40.6 Å². The molecule has 1 N–H and O–H groups in total. The van der Waals surface area contributed by atoms with Crippen molar-refractivity contribution >= 4 is 23.2 Å². The Balaban J connectivity index is 2.61. The molecule has 0 aliphatic carbocycles. The van der Waals surface area contributed by atoms with Gasteiger partial charge in [-0.3, -0.25) is 0 Å². The van der Waals surface area contributed by atoms with Crippen molar-refractivity contribution in [3.8, 4) is 17.1 Å². The van der Waals surface area contributed by atoms with Crippen LogP contribution in [0.25, 0.3) is 11.3 Å². The van der Waals surface area contributed by atoms with Gasteiger partial charge in [-0.05, 0) is 24.3 Å². The van der Waals surface area contributed by atoms with Gasteiger partial charge in [0.15, 0.2) is 5.75 Å². The third kappa shape index (κ3) is 1.47. The summed E-state index contributed by atoms with van der Waals surface area (Å²) in [7, 11) is 0. The number of benzene rings is 1. The molecule has 0 bridgehead atoms. The van der Waals surface area contributed by atoms with Crippen molar-refractivity contribution in [1.82, 2.24) is 0 Å². The van der Waals surface area contributed by atoms with Crippen molar-refractivity contribution in [2.24, 2.45) is 0 Å². The number of hydrogen-bond donors (Lipinski definition) is 1. The highest BCUT2D eigenvalue weighted by atomic mass is 35.5. The molecule has 0 saturated heterocycles. The molecule has 2 rings (SSSR count). The van der Waals surface area contributed by atoms with Crippen LogP contribution in [0.2, 0.25) is 10.0 Å². The molecule has 0 amide bonds. The van der Waals surface area contributed by atoms with Gasteiger partial charge in [0.1, 0.15) is 5.76 Å². The summed E-state index contributed by atoms with van der Waals surface area (Å²) in [6.45, 7) is 0. The Kier molecular flexibility index (Phi) is 2.40. The van der Waals surface area contributed by atoms with E-state index in [1.165, 1.54) is 12.3 Å². The normalized spacial score (nSPS) is 10.4. The molecule has 1 radical (unpaired) electrons. The summed E-state index contributed by atoms with van der Waals surface area (Å²) >= 11 is 11.5. The van der Waals surface area contributed by atoms with Gasteiger partial charge >= 0.3 is 0 Å². The van der Waals surface area contributed by atoms with Crippen LogP contribution in [-0.2, 0) is 0 Å². The Morgan fingerprint density at radius 3 is 2.79 bits per heavy atom. The topological polar surface area (TPSA) is 33.4 Å². The van der Waals surface area contributed by atoms with E-state index >= 15 is 0 Å². The molecule has 14 heavy (non-hydrogen) atoms. The van der Waals surface area contributed by atoms with E-state index in [2.05, 4.69) is 6.07 Å². The molecule has 2 nitrogen and oxygen atoms in total. The van der Waals surface area contributed by atoms with Gasteiger partial charge in [-0.25, -0.2) is 0 Å². The highest BCUT2D eigenvalue weighted by Crippen LogP contribution is 2.38. The number of halogens is 2. The van der Waals surface area contributed by atoms with E-state index in [1.54, 1.807) is 12.1 Å². The highest BCUT2D eigenvalue weighted by molar-refractivity contribution is 6.38. The third-order valence-corrected chi connectivity index (χ3v) is 2.42. The number of rotatable bonds is 1. The second-order valence-corrected chi connectivity index (χ2v) is 3.44. The summed E-state index contributed by atoms with van der Waals surface area (Å²) in [5.41, 5.74) is 0.499. The van der Waals surface area contributed by atoms with E-state index in [4.69, 9.17) is 27.6 Å². The maximum Gasteiger partial charge on any atom is 0.153 e. The van der Waals surface area contributed by atoms with E-state index in [9.17, 15) is 5.11 Å². The zero-order chi connectivity index (χ0) is 10.1. The van der Waals surface area contributed by atoms with Crippen molar-refractivity contribution in [2.75, 3.05) is 0 Å². The Hall–Kier alpha value is -1.12. The zero-order valence-electron chi connectivity index (χ0n) is 6.92. The first kappa shape index (κ1) is 9.44. The van der Waals surface area contributed by atoms with Crippen molar-refractivity contribution in [1.29, 1.82) is 0 Å². The Labute approximate surface area is 90.7 Å². The largest absolute Gasteiger partial charge is 0.505 e. The first-order chi connectivity index (χ1) is 6.70. The molecule has 0 aliphatic rings. The molecule has 71 valence electrons. The summed E-state index contributed by atoms with van der Waals surface area (Å²) in [4.78, 5) is 0. The summed E-state index contributed by atoms with van der Waals surface area (Å²) in [5.74, 6) is 0.389. The molecule has 0 spiro atoms. The van der Waals surface area contributed by atoms with E-state index in [-0.39, 0.29) is 15.8 Å². The van der Waals surface area contributed by atoms with Crippen LogP contribution >= 0.6 is 23.2 Å². The number of furan rings is 1. The van der Waals surface area contributed by atoms with Gasteiger partial charge in [0.05, 0.1) is 16.3 Å². The smallest absolute Gasteiger partial charge is 0.153 e. The predicted octanol–water partition coefficient (Wildman–Crippen LogP) is 3.76. The Bertz CT molecular complexity index is 449. The van der Waals surface area contributed by atoms with Gasteiger partial charge in [0, 0.05) is 5.56 Å². The quantitative estimate of drug-likeness (QED) is 0.805. The van der Waals surface area contributed by atoms with Gasteiger partial charge < -0.3 is 9.52 Å². The molecule has 0 fully saturated rings. The van der Waals surface area contributed by atoms with E-state index in [0.29, 0.717) is 11.3 Å². The van der Waals surface area contributed by atoms with Crippen molar-refractivity contribution < 1.29 is 9.52 Å². The highest BCUT2D eigenvalue weighted by Gasteiger charge is 2.12. The van der Waals surface area contributed by atoms with Crippen molar-refractivity contribution in [2.45, 2.75) is 0 Å². The minimum absolute atomic E-state index is 0.146. The number of phenols is 1. The molecule has 0 unspecified atom stereocenters. The van der Waals surface area contributed by atoms with Crippen LogP contribution in [0.3, 0.4) is 0 Å². The summed E-state index contributed by atoms with van der Waals surface area (Å²) < 4.78 is 5.13. The number of phenolic OH excluding ortho intramolecular Hbond substituents is 1. The van der Waals surface area contributed by atoms with Gasteiger partial charge in [0.25, 0.3) is 0 Å². The van der Waals surface area contributed by atoms with Gasteiger partial charge in [0.2, 0.25) is 0 Å². The fraction of sp³-hybridized carbons (Fsp3) is 0. The molecule has 0 saturated carbocycles. The van der Waals surface area contributed by atoms with Crippen molar-refractivity contribution in [3.63, 3.8) is 0 Å². The van der Waals surface area contributed by atoms with Gasteiger partial charge in [-0.1, -0.05) is 23.2 Å². The lowest BCUT2D eigenvalue weighted by Gasteiger charge is -2.03. The Morgan fingerprint density at radius 1 is 1.36 bits per heavy atom. The average molecular weight is 228 g/mol. The third-order valence-electron chi connectivity index (χ3n) is 1.76. The number of aromatic hydroxyl groups is 1. The lowest BCUT2D eigenvalue weighted by atomic mass is 10.1. The summed E-state index contributed by atoms with van der Waals surface area (Å²) in [6.07, 6.45) is 1.52. The van der Waals surface area contributed by atoms with Crippen LogP contribution in [0.5, 0.6) is 5.75 Å². The van der Waals surface area contributed by atoms with Crippen LogP contribution in [-0.4, -0.2) is 5.11 Å². The van der Waals surface area contributed by atoms with Crippen LogP contribution in [0, 0.1) is 6.07 Å². The molecule has 0 aliphatic heterocycles. The lowest BCUT2D eigenvalue weighted by molar-refractivity contribution is 0.475. The minimum atomic E-state index is -0.154. The molecule has 1 aromatic heterocycles. The van der Waals surface area contributed by atoms with Crippen LogP contribution in [0.1, 0.15) is 0 Å². The molecule has 1 aromatic carbocycles. The van der Waals surface area contributed by atoms with Gasteiger partial charge in [-0.2, -0.15) is 0 Å². The predicted molar refractivity (Wildman–Crippen MR) is 54.7 cm³/mol. The maximum absolute atomic E-state index is 9.46. The molecule has 4 heteroatoms. The van der Waals surface area contributed by atoms with Gasteiger partial charge in [-0.15, -0.1) is 0 Å². The second kappa shape index (κ2) is 3.56. The Morgan fingerprint density at radius 2 is 2.14 bits per heavy atom. The second-order valence-electron chi connectivity index (χ2n) is 2.65. The lowest BCUT2D eigenvalue weighted by Crippen LogP contribution is -1.79.